The van der Waals surface area contributed by atoms with Crippen molar-refractivity contribution in [3.05, 3.63) is 11.6 Å². The summed E-state index contributed by atoms with van der Waals surface area (Å²) >= 11 is 0. The highest BCUT2D eigenvalue weighted by molar-refractivity contribution is 4.95. The Morgan fingerprint density at radius 2 is 2.07 bits per heavy atom. The minimum absolute atomic E-state index is 0.691. The molecule has 0 aliphatic carbocycles. The molecule has 1 heterocycles. The maximum atomic E-state index is 5.47. The fraction of sp³-hybridized carbons (Fsp3) is 0.833. The van der Waals surface area contributed by atoms with Gasteiger partial charge in [-0.3, -0.25) is 4.90 Å². The van der Waals surface area contributed by atoms with Gasteiger partial charge in [-0.1, -0.05) is 11.6 Å². The number of hydrogen-bond acceptors (Lipinski definition) is 3. The first kappa shape index (κ1) is 12.7. The van der Waals surface area contributed by atoms with Gasteiger partial charge in [0.15, 0.2) is 0 Å². The lowest BCUT2D eigenvalue weighted by atomic mass is 10.1. The summed E-state index contributed by atoms with van der Waals surface area (Å²) in [6, 6.07) is 0.691. The number of hydrogen-bond donors (Lipinski definition) is 2. The number of rotatable bonds is 5. The normalized spacial score (nSPS) is 19.1. The molecular formula is C12H25N3. The van der Waals surface area contributed by atoms with Crippen LogP contribution in [0.25, 0.3) is 0 Å². The van der Waals surface area contributed by atoms with Crippen molar-refractivity contribution in [3.8, 4) is 0 Å². The fourth-order valence-electron chi connectivity index (χ4n) is 1.92. The lowest BCUT2D eigenvalue weighted by Crippen LogP contribution is -2.43. The third kappa shape index (κ3) is 5.30. The number of allylic oxidation sites excluding steroid dienone is 1. The summed E-state index contributed by atoms with van der Waals surface area (Å²) in [5, 5.41) is 3.49. The van der Waals surface area contributed by atoms with Gasteiger partial charge in [0.05, 0.1) is 0 Å². The van der Waals surface area contributed by atoms with Gasteiger partial charge in [0.1, 0.15) is 0 Å². The maximum Gasteiger partial charge on any atom is 0.0165 e. The summed E-state index contributed by atoms with van der Waals surface area (Å²) in [5.41, 5.74) is 6.89. The Kier molecular flexibility index (Phi) is 5.91. The molecule has 15 heavy (non-hydrogen) atoms. The van der Waals surface area contributed by atoms with Crippen LogP contribution >= 0.6 is 0 Å². The van der Waals surface area contributed by atoms with Crippen molar-refractivity contribution in [1.82, 2.24) is 10.2 Å². The molecule has 3 N–H and O–H groups in total. The zero-order valence-corrected chi connectivity index (χ0v) is 10.1. The Bertz CT molecular complexity index is 189. The quantitative estimate of drug-likeness (QED) is 0.666. The van der Waals surface area contributed by atoms with Crippen molar-refractivity contribution >= 4 is 0 Å². The molecule has 0 saturated carbocycles. The number of nitrogens with zero attached hydrogens (tertiary/aromatic N) is 1. The predicted molar refractivity (Wildman–Crippen MR) is 66.0 cm³/mol. The van der Waals surface area contributed by atoms with Gasteiger partial charge in [-0.25, -0.2) is 0 Å². The van der Waals surface area contributed by atoms with E-state index in [1.165, 1.54) is 31.5 Å². The van der Waals surface area contributed by atoms with E-state index in [0.717, 1.165) is 19.6 Å². The minimum atomic E-state index is 0.691. The van der Waals surface area contributed by atoms with Gasteiger partial charge in [0, 0.05) is 25.7 Å². The van der Waals surface area contributed by atoms with E-state index in [1.54, 1.807) is 0 Å². The van der Waals surface area contributed by atoms with Crippen LogP contribution in [-0.2, 0) is 0 Å². The van der Waals surface area contributed by atoms with Crippen molar-refractivity contribution in [2.24, 2.45) is 5.73 Å². The van der Waals surface area contributed by atoms with E-state index in [4.69, 9.17) is 5.73 Å². The minimum Gasteiger partial charge on any atom is -0.329 e. The van der Waals surface area contributed by atoms with E-state index in [-0.39, 0.29) is 0 Å². The van der Waals surface area contributed by atoms with Crippen molar-refractivity contribution in [2.45, 2.75) is 32.7 Å². The molecule has 0 bridgehead atoms. The molecule has 0 radical (unpaired) electrons. The lowest BCUT2D eigenvalue weighted by molar-refractivity contribution is 0.216. The first-order valence-corrected chi connectivity index (χ1v) is 6.01. The van der Waals surface area contributed by atoms with Crippen molar-refractivity contribution in [2.75, 3.05) is 32.7 Å². The standard InChI is InChI=1S/C12H25N3/c1-11(2)3-8-15-9-4-12(5-10-15)14-7-6-13/h3,12,14H,4-10,13H2,1-2H3. The summed E-state index contributed by atoms with van der Waals surface area (Å²) < 4.78 is 0. The molecule has 0 amide bonds. The van der Waals surface area contributed by atoms with E-state index in [1.807, 2.05) is 0 Å². The largest absolute Gasteiger partial charge is 0.329 e. The van der Waals surface area contributed by atoms with Crippen LogP contribution in [0.1, 0.15) is 26.7 Å². The summed E-state index contributed by atoms with van der Waals surface area (Å²) in [6.45, 7) is 9.58. The molecule has 1 aliphatic rings. The van der Waals surface area contributed by atoms with Crippen LogP contribution in [0.15, 0.2) is 11.6 Å². The van der Waals surface area contributed by atoms with Crippen LogP contribution in [0.4, 0.5) is 0 Å². The monoisotopic (exact) mass is 211 g/mol. The Balaban J connectivity index is 2.15. The average molecular weight is 211 g/mol. The highest BCUT2D eigenvalue weighted by Gasteiger charge is 2.17. The summed E-state index contributed by atoms with van der Waals surface area (Å²) in [7, 11) is 0. The average Bonchev–Trinajstić information content (AvgIpc) is 2.25. The topological polar surface area (TPSA) is 41.3 Å². The van der Waals surface area contributed by atoms with Gasteiger partial charge in [-0.15, -0.1) is 0 Å². The van der Waals surface area contributed by atoms with E-state index < -0.39 is 0 Å². The van der Waals surface area contributed by atoms with Gasteiger partial charge in [-0.2, -0.15) is 0 Å². The molecular weight excluding hydrogens is 186 g/mol. The van der Waals surface area contributed by atoms with E-state index in [9.17, 15) is 0 Å². The van der Waals surface area contributed by atoms with Crippen LogP contribution < -0.4 is 11.1 Å². The molecule has 88 valence electrons. The van der Waals surface area contributed by atoms with E-state index in [2.05, 4.69) is 30.1 Å². The Hall–Kier alpha value is -0.380. The van der Waals surface area contributed by atoms with Crippen LogP contribution in [0.2, 0.25) is 0 Å². The number of nitrogens with two attached hydrogens (primary N) is 1. The number of likely N-dealkylation sites (tertiary alicyclic amines) is 1. The predicted octanol–water partition coefficient (Wildman–Crippen LogP) is 0.965. The third-order valence-electron chi connectivity index (χ3n) is 2.92. The molecule has 0 unspecified atom stereocenters. The molecule has 3 heteroatoms. The molecule has 0 spiro atoms. The van der Waals surface area contributed by atoms with Crippen molar-refractivity contribution < 1.29 is 0 Å². The third-order valence-corrected chi connectivity index (χ3v) is 2.92. The smallest absolute Gasteiger partial charge is 0.0165 e. The zero-order chi connectivity index (χ0) is 11.1. The van der Waals surface area contributed by atoms with Crippen LogP contribution in [-0.4, -0.2) is 43.7 Å². The first-order valence-electron chi connectivity index (χ1n) is 6.01. The molecule has 1 rings (SSSR count). The van der Waals surface area contributed by atoms with Crippen LogP contribution in [0.3, 0.4) is 0 Å². The first-order chi connectivity index (χ1) is 7.22. The van der Waals surface area contributed by atoms with E-state index in [0.29, 0.717) is 6.04 Å². The molecule has 1 saturated heterocycles. The fourth-order valence-corrected chi connectivity index (χ4v) is 1.92. The van der Waals surface area contributed by atoms with Gasteiger partial charge >= 0.3 is 0 Å². The van der Waals surface area contributed by atoms with E-state index >= 15 is 0 Å². The highest BCUT2D eigenvalue weighted by Crippen LogP contribution is 2.10. The molecule has 0 aromatic carbocycles. The second kappa shape index (κ2) is 6.99. The molecule has 1 aliphatic heterocycles. The van der Waals surface area contributed by atoms with Gasteiger partial charge in [0.2, 0.25) is 0 Å². The summed E-state index contributed by atoms with van der Waals surface area (Å²) in [5.74, 6) is 0. The maximum absolute atomic E-state index is 5.47. The zero-order valence-electron chi connectivity index (χ0n) is 10.1. The highest BCUT2D eigenvalue weighted by atomic mass is 15.1. The molecule has 0 atom stereocenters. The van der Waals surface area contributed by atoms with Crippen molar-refractivity contribution in [3.63, 3.8) is 0 Å². The van der Waals surface area contributed by atoms with Gasteiger partial charge in [0.25, 0.3) is 0 Å². The summed E-state index contributed by atoms with van der Waals surface area (Å²) in [4.78, 5) is 2.52. The molecule has 3 nitrogen and oxygen atoms in total. The number of nitrogens with one attached hydrogen (secondary N) is 1. The summed E-state index contributed by atoms with van der Waals surface area (Å²) in [6.07, 6.45) is 4.83. The Morgan fingerprint density at radius 3 is 2.60 bits per heavy atom. The van der Waals surface area contributed by atoms with Crippen LogP contribution in [0.5, 0.6) is 0 Å². The number of piperidine rings is 1. The second-order valence-corrected chi connectivity index (χ2v) is 4.60. The SMILES string of the molecule is CC(C)=CCN1CCC(NCCN)CC1. The van der Waals surface area contributed by atoms with Crippen LogP contribution in [0, 0.1) is 0 Å². The van der Waals surface area contributed by atoms with Gasteiger partial charge < -0.3 is 11.1 Å². The molecule has 1 fully saturated rings. The lowest BCUT2D eigenvalue weighted by Gasteiger charge is -2.31. The van der Waals surface area contributed by atoms with Crippen molar-refractivity contribution in [1.29, 1.82) is 0 Å². The Labute approximate surface area is 93.7 Å². The van der Waals surface area contributed by atoms with Gasteiger partial charge in [-0.05, 0) is 39.8 Å². The second-order valence-electron chi connectivity index (χ2n) is 4.60. The molecule has 0 aromatic heterocycles. The molecule has 0 aromatic rings. The Morgan fingerprint density at radius 1 is 1.40 bits per heavy atom.